The van der Waals surface area contributed by atoms with E-state index in [0.29, 0.717) is 5.69 Å². The first-order valence-corrected chi connectivity index (χ1v) is 9.26. The molecular formula is C19H26BNO4. The van der Waals surface area contributed by atoms with E-state index in [1.54, 1.807) is 12.3 Å². The Morgan fingerprint density at radius 2 is 1.68 bits per heavy atom. The fourth-order valence-electron chi connectivity index (χ4n) is 3.95. The van der Waals surface area contributed by atoms with E-state index >= 15 is 0 Å². The van der Waals surface area contributed by atoms with Gasteiger partial charge in [0, 0.05) is 17.6 Å². The van der Waals surface area contributed by atoms with E-state index in [9.17, 15) is 4.79 Å². The van der Waals surface area contributed by atoms with Gasteiger partial charge in [-0.3, -0.25) is 9.78 Å². The molecule has 1 aromatic rings. The molecule has 134 valence electrons. The Balaban J connectivity index is 1.46. The molecule has 0 radical (unpaired) electrons. The first-order valence-electron chi connectivity index (χ1n) is 9.26. The molecule has 5 nitrogen and oxygen atoms in total. The van der Waals surface area contributed by atoms with Crippen LogP contribution in [-0.4, -0.2) is 41.3 Å². The van der Waals surface area contributed by atoms with Gasteiger partial charge in [0.25, 0.3) is 0 Å². The zero-order valence-corrected chi connectivity index (χ0v) is 15.5. The number of ether oxygens (including phenoxy) is 1. The molecule has 0 aromatic carbocycles. The smallest absolute Gasteiger partial charge is 0.399 e. The summed E-state index contributed by atoms with van der Waals surface area (Å²) in [6.45, 7) is 8.10. The summed E-state index contributed by atoms with van der Waals surface area (Å²) in [5.41, 5.74) is 0.620. The van der Waals surface area contributed by atoms with Crippen LogP contribution in [0.4, 0.5) is 0 Å². The summed E-state index contributed by atoms with van der Waals surface area (Å²) in [5.74, 6) is 0.183. The third kappa shape index (κ3) is 3.05. The molecule has 0 spiro atoms. The fourth-order valence-corrected chi connectivity index (χ4v) is 3.95. The van der Waals surface area contributed by atoms with Crippen LogP contribution in [0, 0.1) is 5.92 Å². The Labute approximate surface area is 149 Å². The van der Waals surface area contributed by atoms with E-state index < -0.39 is 7.12 Å². The van der Waals surface area contributed by atoms with Crippen LogP contribution in [0.1, 0.15) is 63.9 Å². The normalized spacial score (nSPS) is 32.8. The van der Waals surface area contributed by atoms with Crippen molar-refractivity contribution < 1.29 is 18.8 Å². The SMILES string of the molecule is CC1(C)OB(c2ccc(C(=O)C3CC4CCC(C3)O4)nc2)OC1(C)C. The molecule has 25 heavy (non-hydrogen) atoms. The molecule has 3 aliphatic heterocycles. The lowest BCUT2D eigenvalue weighted by molar-refractivity contribution is -0.0150. The molecular weight excluding hydrogens is 317 g/mol. The first kappa shape index (κ1) is 17.2. The average molecular weight is 343 g/mol. The Morgan fingerprint density at radius 1 is 1.08 bits per heavy atom. The molecule has 3 saturated heterocycles. The number of hydrogen-bond acceptors (Lipinski definition) is 5. The number of fused-ring (bicyclic) bond motifs is 2. The maximum Gasteiger partial charge on any atom is 0.496 e. The Kier molecular flexibility index (Phi) is 4.06. The Morgan fingerprint density at radius 3 is 2.20 bits per heavy atom. The van der Waals surface area contributed by atoms with E-state index in [1.807, 2.05) is 33.8 Å². The second-order valence-electron chi connectivity index (χ2n) is 8.56. The van der Waals surface area contributed by atoms with E-state index in [4.69, 9.17) is 14.0 Å². The van der Waals surface area contributed by atoms with Crippen molar-refractivity contribution in [2.75, 3.05) is 0 Å². The van der Waals surface area contributed by atoms with E-state index in [0.717, 1.165) is 31.1 Å². The minimum absolute atomic E-state index is 0.0430. The lowest BCUT2D eigenvalue weighted by Gasteiger charge is -2.32. The van der Waals surface area contributed by atoms with Crippen LogP contribution in [0.5, 0.6) is 0 Å². The number of rotatable bonds is 3. The molecule has 4 rings (SSSR count). The molecule has 0 N–H and O–H groups in total. The summed E-state index contributed by atoms with van der Waals surface area (Å²) in [4.78, 5) is 17.2. The lowest BCUT2D eigenvalue weighted by atomic mass is 9.80. The molecule has 2 bridgehead atoms. The molecule has 3 fully saturated rings. The topological polar surface area (TPSA) is 57.7 Å². The van der Waals surface area contributed by atoms with E-state index in [1.165, 1.54) is 0 Å². The zero-order valence-electron chi connectivity index (χ0n) is 15.5. The van der Waals surface area contributed by atoms with Crippen LogP contribution >= 0.6 is 0 Å². The summed E-state index contributed by atoms with van der Waals surface area (Å²) in [6, 6.07) is 3.70. The number of Topliss-reactive ketones (excluding diaryl/α,β-unsaturated/α-hetero) is 1. The number of ketones is 1. The van der Waals surface area contributed by atoms with Crippen LogP contribution in [0.3, 0.4) is 0 Å². The molecule has 0 saturated carbocycles. The maximum absolute atomic E-state index is 12.8. The molecule has 1 aromatic heterocycles. The summed E-state index contributed by atoms with van der Waals surface area (Å²) < 4.78 is 17.9. The van der Waals surface area contributed by atoms with E-state index in [-0.39, 0.29) is 35.1 Å². The minimum atomic E-state index is -0.444. The standard InChI is InChI=1S/C19H26BNO4/c1-18(2)19(3,4)25-20(24-18)13-5-8-16(21-11-13)17(22)12-9-14-6-7-15(10-12)23-14/h5,8,11-12,14-15H,6-7,9-10H2,1-4H3. The molecule has 6 heteroatoms. The molecule has 0 aliphatic carbocycles. The van der Waals surface area contributed by atoms with Crippen molar-refractivity contribution in [3.8, 4) is 0 Å². The van der Waals surface area contributed by atoms with Crippen molar-refractivity contribution in [2.45, 2.75) is 76.8 Å². The van der Waals surface area contributed by atoms with Gasteiger partial charge in [0.05, 0.1) is 23.4 Å². The van der Waals surface area contributed by atoms with Gasteiger partial charge in [0.1, 0.15) is 5.69 Å². The predicted molar refractivity (Wildman–Crippen MR) is 94.9 cm³/mol. The Bertz CT molecular complexity index is 645. The first-order chi connectivity index (χ1) is 11.7. The highest BCUT2D eigenvalue weighted by atomic mass is 16.7. The van der Waals surface area contributed by atoms with E-state index in [2.05, 4.69) is 4.98 Å². The number of aromatic nitrogens is 1. The molecule has 4 heterocycles. The molecule has 2 atom stereocenters. The summed E-state index contributed by atoms with van der Waals surface area (Å²) in [6.07, 6.45) is 6.06. The van der Waals surface area contributed by atoms with Gasteiger partial charge in [-0.2, -0.15) is 0 Å². The van der Waals surface area contributed by atoms with Crippen molar-refractivity contribution in [2.24, 2.45) is 5.92 Å². The van der Waals surface area contributed by atoms with Gasteiger partial charge in [-0.25, -0.2) is 0 Å². The lowest BCUT2D eigenvalue weighted by Crippen LogP contribution is -2.41. The summed E-state index contributed by atoms with van der Waals surface area (Å²) >= 11 is 0. The average Bonchev–Trinajstić information content (AvgIpc) is 3.01. The van der Waals surface area contributed by atoms with Crippen molar-refractivity contribution >= 4 is 18.4 Å². The van der Waals surface area contributed by atoms with Gasteiger partial charge < -0.3 is 14.0 Å². The van der Waals surface area contributed by atoms with Gasteiger partial charge in [0.2, 0.25) is 0 Å². The second kappa shape index (κ2) is 5.90. The quantitative estimate of drug-likeness (QED) is 0.624. The monoisotopic (exact) mass is 343 g/mol. The third-order valence-electron chi connectivity index (χ3n) is 6.23. The van der Waals surface area contributed by atoms with Crippen molar-refractivity contribution in [1.29, 1.82) is 0 Å². The van der Waals surface area contributed by atoms with Crippen LogP contribution in [0.15, 0.2) is 18.3 Å². The predicted octanol–water partition coefficient (Wildman–Crippen LogP) is 2.52. The second-order valence-corrected chi connectivity index (χ2v) is 8.56. The van der Waals surface area contributed by atoms with Gasteiger partial charge >= 0.3 is 7.12 Å². The molecule has 3 aliphatic rings. The largest absolute Gasteiger partial charge is 0.496 e. The van der Waals surface area contributed by atoms with Crippen LogP contribution in [0.25, 0.3) is 0 Å². The van der Waals surface area contributed by atoms with Gasteiger partial charge in [-0.1, -0.05) is 6.07 Å². The third-order valence-corrected chi connectivity index (χ3v) is 6.23. The number of carbonyl (C=O) groups excluding carboxylic acids is 1. The summed E-state index contributed by atoms with van der Waals surface area (Å²) in [7, 11) is -0.444. The van der Waals surface area contributed by atoms with Gasteiger partial charge in [0.15, 0.2) is 5.78 Å². The zero-order chi connectivity index (χ0) is 17.8. The number of nitrogens with zero attached hydrogens (tertiary/aromatic N) is 1. The highest BCUT2D eigenvalue weighted by Crippen LogP contribution is 2.38. The van der Waals surface area contributed by atoms with Gasteiger partial charge in [-0.05, 0) is 59.4 Å². The van der Waals surface area contributed by atoms with Crippen LogP contribution < -0.4 is 5.46 Å². The minimum Gasteiger partial charge on any atom is -0.399 e. The highest BCUT2D eigenvalue weighted by molar-refractivity contribution is 6.62. The van der Waals surface area contributed by atoms with Crippen molar-refractivity contribution in [1.82, 2.24) is 4.98 Å². The maximum atomic E-state index is 12.8. The summed E-state index contributed by atoms with van der Waals surface area (Å²) in [5, 5.41) is 0. The highest BCUT2D eigenvalue weighted by Gasteiger charge is 2.51. The Hall–Kier alpha value is -1.24. The molecule has 2 unspecified atom stereocenters. The van der Waals surface area contributed by atoms with Crippen molar-refractivity contribution in [3.63, 3.8) is 0 Å². The number of pyridine rings is 1. The van der Waals surface area contributed by atoms with Gasteiger partial charge in [-0.15, -0.1) is 0 Å². The molecule has 0 amide bonds. The van der Waals surface area contributed by atoms with Crippen LogP contribution in [0.2, 0.25) is 0 Å². The fraction of sp³-hybridized carbons (Fsp3) is 0.684. The number of hydrogen-bond donors (Lipinski definition) is 0. The van der Waals surface area contributed by atoms with Crippen LogP contribution in [-0.2, 0) is 14.0 Å². The number of carbonyl (C=O) groups is 1. The van der Waals surface area contributed by atoms with Crippen molar-refractivity contribution in [3.05, 3.63) is 24.0 Å².